The summed E-state index contributed by atoms with van der Waals surface area (Å²) in [5, 5.41) is 3.01. The third-order valence-electron chi connectivity index (χ3n) is 3.60. The molecule has 0 bridgehead atoms. The Morgan fingerprint density at radius 3 is 2.50 bits per heavy atom. The third-order valence-corrected chi connectivity index (χ3v) is 3.60. The molecule has 2 aromatic rings. The maximum atomic E-state index is 14.3. The Bertz CT molecular complexity index is 585. The highest BCUT2D eigenvalue weighted by Gasteiger charge is 2.26. The number of nitrogens with zero attached hydrogens (tertiary/aromatic N) is 1. The predicted octanol–water partition coefficient (Wildman–Crippen LogP) is 3.73. The minimum absolute atomic E-state index is 0.0747. The summed E-state index contributed by atoms with van der Waals surface area (Å²) in [6.07, 6.45) is 1.68. The number of rotatable bonds is 4. The van der Waals surface area contributed by atoms with Crippen molar-refractivity contribution in [3.8, 4) is 0 Å². The highest BCUT2D eigenvalue weighted by Crippen LogP contribution is 2.33. The number of aromatic nitrogens is 1. The van der Waals surface area contributed by atoms with Gasteiger partial charge in [0, 0.05) is 29.4 Å². The zero-order valence-corrected chi connectivity index (χ0v) is 11.8. The first-order valence-electron chi connectivity index (χ1n) is 6.59. The van der Waals surface area contributed by atoms with E-state index in [1.807, 2.05) is 25.1 Å². The zero-order chi connectivity index (χ0) is 14.7. The average Bonchev–Trinajstić information content (AvgIpc) is 2.48. The fourth-order valence-corrected chi connectivity index (χ4v) is 2.42. The van der Waals surface area contributed by atoms with Crippen LogP contribution < -0.4 is 5.32 Å². The van der Waals surface area contributed by atoms with Crippen LogP contribution in [0.15, 0.2) is 36.5 Å². The fraction of sp³-hybridized carbons (Fsp3) is 0.312. The van der Waals surface area contributed by atoms with E-state index in [0.29, 0.717) is 5.56 Å². The standard InChI is InChI=1S/C16H18F2N2/c1-10-7-8-12(17)14(15(10)18)16(19-3)11(2)13-6-4-5-9-20-13/h4-9,11,16,19H,1-3H3. The van der Waals surface area contributed by atoms with Crippen molar-refractivity contribution >= 4 is 0 Å². The Balaban J connectivity index is 2.46. The van der Waals surface area contributed by atoms with Crippen LogP contribution in [0.5, 0.6) is 0 Å². The molecule has 0 aliphatic carbocycles. The zero-order valence-electron chi connectivity index (χ0n) is 11.8. The fourth-order valence-electron chi connectivity index (χ4n) is 2.42. The van der Waals surface area contributed by atoms with E-state index in [-0.39, 0.29) is 11.5 Å². The van der Waals surface area contributed by atoms with Crippen molar-refractivity contribution < 1.29 is 8.78 Å². The molecule has 0 aliphatic heterocycles. The lowest BCUT2D eigenvalue weighted by Gasteiger charge is -2.25. The van der Waals surface area contributed by atoms with Gasteiger partial charge in [0.05, 0.1) is 0 Å². The molecule has 0 aliphatic rings. The second-order valence-corrected chi connectivity index (χ2v) is 4.90. The number of hydrogen-bond donors (Lipinski definition) is 1. The average molecular weight is 276 g/mol. The molecule has 4 heteroatoms. The summed E-state index contributed by atoms with van der Waals surface area (Å²) in [5.74, 6) is -1.17. The molecule has 1 N–H and O–H groups in total. The molecule has 20 heavy (non-hydrogen) atoms. The van der Waals surface area contributed by atoms with E-state index in [1.165, 1.54) is 12.1 Å². The summed E-state index contributed by atoms with van der Waals surface area (Å²) in [7, 11) is 1.70. The van der Waals surface area contributed by atoms with Crippen LogP contribution in [0.25, 0.3) is 0 Å². The number of likely N-dealkylation sites (N-methyl/N-ethyl adjacent to an activating group) is 1. The molecule has 2 rings (SSSR count). The molecule has 0 radical (unpaired) electrons. The lowest BCUT2D eigenvalue weighted by atomic mass is 9.90. The Kier molecular flexibility index (Phi) is 4.45. The summed E-state index contributed by atoms with van der Waals surface area (Å²) in [6, 6.07) is 7.84. The summed E-state index contributed by atoms with van der Waals surface area (Å²) in [6.45, 7) is 3.54. The van der Waals surface area contributed by atoms with Crippen LogP contribution in [0.3, 0.4) is 0 Å². The van der Waals surface area contributed by atoms with Gasteiger partial charge in [-0.05, 0) is 37.7 Å². The largest absolute Gasteiger partial charge is 0.312 e. The summed E-state index contributed by atoms with van der Waals surface area (Å²) < 4.78 is 28.3. The third kappa shape index (κ3) is 2.70. The number of benzene rings is 1. The second kappa shape index (κ2) is 6.09. The molecule has 2 unspecified atom stereocenters. The number of nitrogens with one attached hydrogen (secondary N) is 1. The smallest absolute Gasteiger partial charge is 0.133 e. The van der Waals surface area contributed by atoms with E-state index in [2.05, 4.69) is 10.3 Å². The molecule has 0 fully saturated rings. The second-order valence-electron chi connectivity index (χ2n) is 4.90. The van der Waals surface area contributed by atoms with Crippen LogP contribution in [0, 0.1) is 18.6 Å². The van der Waals surface area contributed by atoms with Crippen molar-refractivity contribution in [3.63, 3.8) is 0 Å². The Morgan fingerprint density at radius 1 is 1.15 bits per heavy atom. The number of pyridine rings is 1. The maximum absolute atomic E-state index is 14.3. The molecule has 1 aromatic carbocycles. The van der Waals surface area contributed by atoms with E-state index in [9.17, 15) is 8.78 Å². The normalized spacial score (nSPS) is 14.1. The monoisotopic (exact) mass is 276 g/mol. The van der Waals surface area contributed by atoms with Crippen molar-refractivity contribution in [2.45, 2.75) is 25.8 Å². The molecule has 0 saturated carbocycles. The van der Waals surface area contributed by atoms with Crippen molar-refractivity contribution in [2.24, 2.45) is 0 Å². The van der Waals surface area contributed by atoms with Crippen molar-refractivity contribution in [1.82, 2.24) is 10.3 Å². The minimum atomic E-state index is -0.532. The predicted molar refractivity (Wildman–Crippen MR) is 75.5 cm³/mol. The molecule has 106 valence electrons. The Labute approximate surface area is 117 Å². The van der Waals surface area contributed by atoms with Gasteiger partial charge < -0.3 is 5.32 Å². The van der Waals surface area contributed by atoms with Gasteiger partial charge in [0.2, 0.25) is 0 Å². The lowest BCUT2D eigenvalue weighted by Crippen LogP contribution is -2.25. The molecule has 2 atom stereocenters. The van der Waals surface area contributed by atoms with Gasteiger partial charge in [0.25, 0.3) is 0 Å². The van der Waals surface area contributed by atoms with Crippen molar-refractivity contribution in [3.05, 3.63) is 65.0 Å². The molecule has 0 saturated heterocycles. The number of hydrogen-bond acceptors (Lipinski definition) is 2. The lowest BCUT2D eigenvalue weighted by molar-refractivity contribution is 0.441. The molecule has 2 nitrogen and oxygen atoms in total. The molecular weight excluding hydrogens is 258 g/mol. The van der Waals surface area contributed by atoms with E-state index in [0.717, 1.165) is 5.69 Å². The Hall–Kier alpha value is -1.81. The minimum Gasteiger partial charge on any atom is -0.312 e. The van der Waals surface area contributed by atoms with Crippen LogP contribution in [0.2, 0.25) is 0 Å². The van der Waals surface area contributed by atoms with E-state index in [1.54, 1.807) is 20.2 Å². The van der Waals surface area contributed by atoms with Gasteiger partial charge in [-0.2, -0.15) is 0 Å². The first kappa shape index (κ1) is 14.6. The number of halogens is 2. The Morgan fingerprint density at radius 2 is 1.90 bits per heavy atom. The maximum Gasteiger partial charge on any atom is 0.133 e. The van der Waals surface area contributed by atoms with Crippen LogP contribution in [0.1, 0.15) is 35.7 Å². The van der Waals surface area contributed by atoms with E-state index >= 15 is 0 Å². The first-order valence-corrected chi connectivity index (χ1v) is 6.59. The molecule has 0 amide bonds. The van der Waals surface area contributed by atoms with Crippen LogP contribution in [-0.2, 0) is 0 Å². The van der Waals surface area contributed by atoms with Crippen LogP contribution in [0.4, 0.5) is 8.78 Å². The molecule has 1 heterocycles. The van der Waals surface area contributed by atoms with Gasteiger partial charge in [0.1, 0.15) is 11.6 Å². The quantitative estimate of drug-likeness (QED) is 0.920. The topological polar surface area (TPSA) is 24.9 Å². The SMILES string of the molecule is CNC(c1c(F)ccc(C)c1F)C(C)c1ccccn1. The van der Waals surface area contributed by atoms with Crippen LogP contribution >= 0.6 is 0 Å². The van der Waals surface area contributed by atoms with Crippen molar-refractivity contribution in [1.29, 1.82) is 0 Å². The number of aryl methyl sites for hydroxylation is 1. The first-order chi connectivity index (χ1) is 9.56. The van der Waals surface area contributed by atoms with Crippen molar-refractivity contribution in [2.75, 3.05) is 7.05 Å². The highest BCUT2D eigenvalue weighted by molar-refractivity contribution is 5.31. The molecule has 1 aromatic heterocycles. The van der Waals surface area contributed by atoms with Gasteiger partial charge in [-0.15, -0.1) is 0 Å². The van der Waals surface area contributed by atoms with E-state index in [4.69, 9.17) is 0 Å². The molecular formula is C16H18F2N2. The summed E-state index contributed by atoms with van der Waals surface area (Å²) in [4.78, 5) is 4.27. The summed E-state index contributed by atoms with van der Waals surface area (Å²) in [5.41, 5.74) is 1.31. The molecule has 0 spiro atoms. The van der Waals surface area contributed by atoms with E-state index < -0.39 is 17.7 Å². The van der Waals surface area contributed by atoms with Gasteiger partial charge >= 0.3 is 0 Å². The van der Waals surface area contributed by atoms with Gasteiger partial charge in [0.15, 0.2) is 0 Å². The van der Waals surface area contributed by atoms with Gasteiger partial charge in [-0.3, -0.25) is 4.98 Å². The summed E-state index contributed by atoms with van der Waals surface area (Å²) >= 11 is 0. The highest BCUT2D eigenvalue weighted by atomic mass is 19.1. The van der Waals surface area contributed by atoms with Gasteiger partial charge in [-0.1, -0.05) is 19.1 Å². The van der Waals surface area contributed by atoms with Crippen LogP contribution in [-0.4, -0.2) is 12.0 Å². The van der Waals surface area contributed by atoms with Gasteiger partial charge in [-0.25, -0.2) is 8.78 Å².